The summed E-state index contributed by atoms with van der Waals surface area (Å²) in [7, 11) is 5.40. The van der Waals surface area contributed by atoms with Crippen molar-refractivity contribution >= 4 is 17.9 Å². The minimum Gasteiger partial charge on any atom is -0.544 e. The normalized spacial score (nSPS) is 13.4. The maximum atomic E-state index is 12.7. The van der Waals surface area contributed by atoms with Crippen LogP contribution in [0.4, 0.5) is 0 Å². The van der Waals surface area contributed by atoms with E-state index in [1.165, 1.54) is 77.0 Å². The van der Waals surface area contributed by atoms with Crippen LogP contribution in [-0.2, 0) is 28.6 Å². The lowest BCUT2D eigenvalue weighted by Crippen LogP contribution is -2.55. The number of nitrogens with zero attached hydrogens (tertiary/aromatic N) is 1. The zero-order valence-corrected chi connectivity index (χ0v) is 36.1. The van der Waals surface area contributed by atoms with Gasteiger partial charge in [-0.1, -0.05) is 146 Å². The largest absolute Gasteiger partial charge is 0.544 e. The molecule has 0 aliphatic carbocycles. The second-order valence-electron chi connectivity index (χ2n) is 15.9. The van der Waals surface area contributed by atoms with Crippen LogP contribution in [-0.4, -0.2) is 75.5 Å². The van der Waals surface area contributed by atoms with Crippen molar-refractivity contribution in [2.75, 3.05) is 41.0 Å². The predicted octanol–water partition coefficient (Wildman–Crippen LogP) is 10.7. The Bertz CT molecular complexity index is 1040. The summed E-state index contributed by atoms with van der Waals surface area (Å²) in [4.78, 5) is 36.8. The van der Waals surface area contributed by atoms with Gasteiger partial charge >= 0.3 is 11.9 Å². The molecule has 0 rings (SSSR count). The molecule has 0 fully saturated rings. The summed E-state index contributed by atoms with van der Waals surface area (Å²) < 4.78 is 17.1. The van der Waals surface area contributed by atoms with Crippen LogP contribution < -0.4 is 5.11 Å². The fraction of sp³-hybridized carbons (Fsp3) is 0.766. The molecule has 0 aromatic heterocycles. The topological polar surface area (TPSA) is 102 Å². The molecule has 318 valence electrons. The molecule has 0 spiro atoms. The highest BCUT2D eigenvalue weighted by Gasteiger charge is 2.25. The highest BCUT2D eigenvalue weighted by atomic mass is 16.6. The first-order valence-corrected chi connectivity index (χ1v) is 22.2. The van der Waals surface area contributed by atoms with Crippen molar-refractivity contribution in [3.8, 4) is 0 Å². The molecule has 0 N–H and O–H groups in total. The van der Waals surface area contributed by atoms with Gasteiger partial charge in [-0.2, -0.15) is 0 Å². The number of hydrogen-bond donors (Lipinski definition) is 0. The summed E-state index contributed by atoms with van der Waals surface area (Å²) in [5, 5.41) is 11.6. The summed E-state index contributed by atoms with van der Waals surface area (Å²) in [6.07, 6.45) is 44.2. The van der Waals surface area contributed by atoms with Gasteiger partial charge in [-0.3, -0.25) is 9.59 Å². The molecule has 0 aromatic rings. The number of quaternary nitrogens is 1. The molecule has 8 heteroatoms. The molecule has 0 saturated heterocycles. The van der Waals surface area contributed by atoms with Crippen molar-refractivity contribution < 1.29 is 38.2 Å². The van der Waals surface area contributed by atoms with Crippen LogP contribution in [0, 0.1) is 0 Å². The van der Waals surface area contributed by atoms with Gasteiger partial charge in [0.25, 0.3) is 0 Å². The SMILES string of the molecule is CC/C=C/C/C=C/C/C=C/CCCCCCCCCCCCC(=O)OC(COCCC(C(=O)[O-])[N+](C)(C)C)COC(=O)CCCCCCC/C=C/CCCC. The second-order valence-corrected chi connectivity index (χ2v) is 15.9. The Kier molecular flexibility index (Phi) is 36.3. The fourth-order valence-corrected chi connectivity index (χ4v) is 6.24. The summed E-state index contributed by atoms with van der Waals surface area (Å²) in [6.45, 7) is 4.50. The quantitative estimate of drug-likeness (QED) is 0.0265. The zero-order valence-electron chi connectivity index (χ0n) is 36.1. The van der Waals surface area contributed by atoms with E-state index >= 15 is 0 Å². The Balaban J connectivity index is 4.30. The van der Waals surface area contributed by atoms with Crippen LogP contribution in [0.5, 0.6) is 0 Å². The predicted molar refractivity (Wildman–Crippen MR) is 226 cm³/mol. The van der Waals surface area contributed by atoms with Crippen molar-refractivity contribution in [3.05, 3.63) is 48.6 Å². The molecule has 0 radical (unpaired) electrons. The number of unbranched alkanes of at least 4 members (excludes halogenated alkanes) is 17. The van der Waals surface area contributed by atoms with Crippen molar-refractivity contribution in [1.82, 2.24) is 0 Å². The Labute approximate surface area is 337 Å². The van der Waals surface area contributed by atoms with Crippen molar-refractivity contribution in [3.63, 3.8) is 0 Å². The van der Waals surface area contributed by atoms with Crippen LogP contribution in [0.2, 0.25) is 0 Å². The van der Waals surface area contributed by atoms with E-state index in [1.807, 2.05) is 0 Å². The van der Waals surface area contributed by atoms with Crippen LogP contribution in [0.3, 0.4) is 0 Å². The van der Waals surface area contributed by atoms with Gasteiger partial charge in [0.05, 0.1) is 40.3 Å². The third-order valence-electron chi connectivity index (χ3n) is 9.70. The highest BCUT2D eigenvalue weighted by molar-refractivity contribution is 5.70. The van der Waals surface area contributed by atoms with E-state index in [-0.39, 0.29) is 42.7 Å². The molecule has 0 aromatic carbocycles. The van der Waals surface area contributed by atoms with E-state index in [2.05, 4.69) is 62.5 Å². The van der Waals surface area contributed by atoms with Crippen LogP contribution in [0.15, 0.2) is 48.6 Å². The third kappa shape index (κ3) is 36.7. The molecule has 55 heavy (non-hydrogen) atoms. The molecular weight excluding hydrogens is 691 g/mol. The molecule has 2 atom stereocenters. The molecule has 8 nitrogen and oxygen atoms in total. The minimum absolute atomic E-state index is 0.0363. The Morgan fingerprint density at radius 1 is 0.564 bits per heavy atom. The van der Waals surface area contributed by atoms with Gasteiger partial charge < -0.3 is 28.6 Å². The first-order valence-electron chi connectivity index (χ1n) is 22.2. The van der Waals surface area contributed by atoms with Crippen LogP contribution in [0.25, 0.3) is 0 Å². The third-order valence-corrected chi connectivity index (χ3v) is 9.70. The van der Waals surface area contributed by atoms with Crippen molar-refractivity contribution in [2.24, 2.45) is 0 Å². The number of rotatable bonds is 39. The van der Waals surface area contributed by atoms with Crippen molar-refractivity contribution in [1.29, 1.82) is 0 Å². The van der Waals surface area contributed by atoms with E-state index in [4.69, 9.17) is 14.2 Å². The number of carboxylic acids is 1. The average molecular weight is 774 g/mol. The zero-order chi connectivity index (χ0) is 40.7. The Morgan fingerprint density at radius 3 is 1.53 bits per heavy atom. The van der Waals surface area contributed by atoms with Gasteiger partial charge in [0.1, 0.15) is 12.6 Å². The molecule has 0 aliphatic rings. The minimum atomic E-state index is -1.13. The van der Waals surface area contributed by atoms with E-state index in [0.29, 0.717) is 12.8 Å². The van der Waals surface area contributed by atoms with Gasteiger partial charge in [0.15, 0.2) is 6.10 Å². The Hall–Kier alpha value is -2.71. The Morgan fingerprint density at radius 2 is 1.02 bits per heavy atom. The van der Waals surface area contributed by atoms with E-state index in [9.17, 15) is 19.5 Å². The number of aliphatic carboxylic acids is 1. The standard InChI is InChI=1S/C47H83NO7/c1-6-8-10-12-14-16-18-19-20-21-22-23-24-25-26-28-30-32-34-36-38-46(50)55-43(41-53-40-39-44(47(51)52)48(3,4)5)42-54-45(49)37-35-33-31-29-27-17-15-13-11-9-7-2/h8,10,13-16,19-20,43-44H,6-7,9,11-12,17-18,21-42H2,1-5H3/b10-8+,15-13+,16-14+,20-19+. The monoisotopic (exact) mass is 774 g/mol. The smallest absolute Gasteiger partial charge is 0.306 e. The van der Waals surface area contributed by atoms with Crippen molar-refractivity contribution in [2.45, 2.75) is 193 Å². The maximum absolute atomic E-state index is 12.7. The number of carboxylic acid groups (broad SMARTS) is 1. The lowest BCUT2D eigenvalue weighted by molar-refractivity contribution is -0.889. The van der Waals surface area contributed by atoms with E-state index in [0.717, 1.165) is 70.6 Å². The summed E-state index contributed by atoms with van der Waals surface area (Å²) in [5.74, 6) is -1.75. The van der Waals surface area contributed by atoms with Gasteiger partial charge in [-0.05, 0) is 64.2 Å². The van der Waals surface area contributed by atoms with Crippen LogP contribution in [0.1, 0.15) is 181 Å². The summed E-state index contributed by atoms with van der Waals surface area (Å²) >= 11 is 0. The molecule has 0 amide bonds. The number of carbonyl (C=O) groups is 3. The molecular formula is C47H83NO7. The molecule has 2 unspecified atom stereocenters. The average Bonchev–Trinajstić information content (AvgIpc) is 3.14. The first kappa shape index (κ1) is 52.3. The summed E-state index contributed by atoms with van der Waals surface area (Å²) in [6, 6.07) is -0.727. The number of likely N-dealkylation sites (N-methyl/N-ethyl adjacent to an activating group) is 1. The van der Waals surface area contributed by atoms with Gasteiger partial charge in [-0.15, -0.1) is 0 Å². The lowest BCUT2D eigenvalue weighted by atomic mass is 10.0. The first-order chi connectivity index (χ1) is 26.6. The molecule has 0 saturated carbocycles. The molecule has 0 aliphatic heterocycles. The number of ether oxygens (including phenoxy) is 3. The van der Waals surface area contributed by atoms with Gasteiger partial charge in [-0.25, -0.2) is 0 Å². The fourth-order valence-electron chi connectivity index (χ4n) is 6.24. The van der Waals surface area contributed by atoms with Gasteiger partial charge in [0, 0.05) is 19.3 Å². The molecule has 0 heterocycles. The van der Waals surface area contributed by atoms with Gasteiger partial charge in [0.2, 0.25) is 0 Å². The highest BCUT2D eigenvalue weighted by Crippen LogP contribution is 2.14. The number of esters is 2. The van der Waals surface area contributed by atoms with E-state index < -0.39 is 18.1 Å². The second kappa shape index (κ2) is 38.2. The lowest BCUT2D eigenvalue weighted by Gasteiger charge is -2.34. The number of carbonyl (C=O) groups excluding carboxylic acids is 3. The van der Waals surface area contributed by atoms with E-state index in [1.54, 1.807) is 21.1 Å². The van der Waals surface area contributed by atoms with Crippen LogP contribution >= 0.6 is 0 Å². The molecule has 0 bridgehead atoms. The maximum Gasteiger partial charge on any atom is 0.306 e. The number of hydrogen-bond acceptors (Lipinski definition) is 7. The number of allylic oxidation sites excluding steroid dienone is 8. The summed E-state index contributed by atoms with van der Waals surface area (Å²) in [5.41, 5.74) is 0.